The molecule has 98 valence electrons. The fourth-order valence-corrected chi connectivity index (χ4v) is 1.94. The fraction of sp³-hybridized carbons (Fsp3) is 0.133. The van der Waals surface area contributed by atoms with Crippen LogP contribution in [0.2, 0.25) is 5.02 Å². The first-order chi connectivity index (χ1) is 8.99. The minimum absolute atomic E-state index is 0.117. The highest BCUT2D eigenvalue weighted by atomic mass is 35.5. The van der Waals surface area contributed by atoms with Gasteiger partial charge in [0.25, 0.3) is 5.91 Å². The Morgan fingerprint density at radius 3 is 2.58 bits per heavy atom. The lowest BCUT2D eigenvalue weighted by molar-refractivity contribution is 0.0993. The molecule has 2 aromatic carbocycles. The minimum atomic E-state index is -0.117. The van der Waals surface area contributed by atoms with E-state index in [1.54, 1.807) is 30.1 Å². The number of aryl methyl sites for hydroxylation is 1. The summed E-state index contributed by atoms with van der Waals surface area (Å²) in [4.78, 5) is 13.9. The molecule has 0 saturated heterocycles. The van der Waals surface area contributed by atoms with Gasteiger partial charge in [0.15, 0.2) is 0 Å². The first-order valence-electron chi connectivity index (χ1n) is 5.89. The number of amides is 1. The second-order valence-electron chi connectivity index (χ2n) is 4.44. The Morgan fingerprint density at radius 2 is 1.95 bits per heavy atom. The molecular formula is C15H15ClN2O. The van der Waals surface area contributed by atoms with Crippen molar-refractivity contribution in [3.8, 4) is 0 Å². The van der Waals surface area contributed by atoms with Crippen molar-refractivity contribution in [3.63, 3.8) is 0 Å². The highest BCUT2D eigenvalue weighted by molar-refractivity contribution is 6.33. The normalized spacial score (nSPS) is 10.3. The fourth-order valence-electron chi connectivity index (χ4n) is 1.82. The number of anilines is 2. The summed E-state index contributed by atoms with van der Waals surface area (Å²) in [7, 11) is 1.74. The Morgan fingerprint density at radius 1 is 1.21 bits per heavy atom. The second-order valence-corrected chi connectivity index (χ2v) is 4.85. The summed E-state index contributed by atoms with van der Waals surface area (Å²) in [6.45, 7) is 1.99. The van der Waals surface area contributed by atoms with Gasteiger partial charge < -0.3 is 10.6 Å². The average molecular weight is 275 g/mol. The summed E-state index contributed by atoms with van der Waals surface area (Å²) in [5.41, 5.74) is 8.60. The van der Waals surface area contributed by atoms with E-state index in [2.05, 4.69) is 0 Å². The van der Waals surface area contributed by atoms with Crippen molar-refractivity contribution < 1.29 is 4.79 Å². The molecule has 0 heterocycles. The van der Waals surface area contributed by atoms with Gasteiger partial charge in [0.05, 0.1) is 10.7 Å². The van der Waals surface area contributed by atoms with Crippen molar-refractivity contribution in [2.75, 3.05) is 17.7 Å². The van der Waals surface area contributed by atoms with E-state index >= 15 is 0 Å². The summed E-state index contributed by atoms with van der Waals surface area (Å²) >= 11 is 5.85. The van der Waals surface area contributed by atoms with Crippen LogP contribution in [0.5, 0.6) is 0 Å². The number of hydrogen-bond donors (Lipinski definition) is 1. The summed E-state index contributed by atoms with van der Waals surface area (Å²) in [6.07, 6.45) is 0. The van der Waals surface area contributed by atoms with Gasteiger partial charge in [-0.1, -0.05) is 23.7 Å². The maximum Gasteiger partial charge on any atom is 0.258 e. The Bertz CT molecular complexity index is 625. The number of hydrogen-bond acceptors (Lipinski definition) is 2. The molecule has 0 aliphatic heterocycles. The van der Waals surface area contributed by atoms with Gasteiger partial charge in [-0.2, -0.15) is 0 Å². The third kappa shape index (κ3) is 2.88. The van der Waals surface area contributed by atoms with Crippen LogP contribution in [0, 0.1) is 6.92 Å². The summed E-state index contributed by atoms with van der Waals surface area (Å²) in [6, 6.07) is 12.7. The highest BCUT2D eigenvalue weighted by Crippen LogP contribution is 2.22. The van der Waals surface area contributed by atoms with E-state index in [1.807, 2.05) is 31.2 Å². The van der Waals surface area contributed by atoms with Crippen LogP contribution in [0.15, 0.2) is 42.5 Å². The van der Waals surface area contributed by atoms with Crippen LogP contribution >= 0.6 is 11.6 Å². The SMILES string of the molecule is Cc1cccc(N(C)C(=O)c2ccc(Cl)c(N)c2)c1. The number of rotatable bonds is 2. The maximum absolute atomic E-state index is 12.3. The van der Waals surface area contributed by atoms with Crippen molar-refractivity contribution in [1.82, 2.24) is 0 Å². The highest BCUT2D eigenvalue weighted by Gasteiger charge is 2.14. The molecule has 0 aliphatic rings. The molecule has 0 saturated carbocycles. The van der Waals surface area contributed by atoms with Crippen molar-refractivity contribution in [3.05, 3.63) is 58.6 Å². The molecule has 0 spiro atoms. The molecule has 2 aromatic rings. The zero-order valence-electron chi connectivity index (χ0n) is 10.9. The molecular weight excluding hydrogens is 260 g/mol. The molecule has 0 bridgehead atoms. The lowest BCUT2D eigenvalue weighted by Crippen LogP contribution is -2.26. The molecule has 0 radical (unpaired) electrons. The van der Waals surface area contributed by atoms with E-state index in [0.29, 0.717) is 16.3 Å². The number of carbonyl (C=O) groups is 1. The topological polar surface area (TPSA) is 46.3 Å². The zero-order chi connectivity index (χ0) is 14.0. The monoisotopic (exact) mass is 274 g/mol. The molecule has 19 heavy (non-hydrogen) atoms. The van der Waals surface area contributed by atoms with Crippen LogP contribution in [-0.2, 0) is 0 Å². The van der Waals surface area contributed by atoms with E-state index in [0.717, 1.165) is 11.3 Å². The molecule has 1 amide bonds. The average Bonchev–Trinajstić information content (AvgIpc) is 2.40. The van der Waals surface area contributed by atoms with E-state index in [4.69, 9.17) is 17.3 Å². The summed E-state index contributed by atoms with van der Waals surface area (Å²) in [5, 5.41) is 0.453. The quantitative estimate of drug-likeness (QED) is 0.852. The van der Waals surface area contributed by atoms with E-state index in [-0.39, 0.29) is 5.91 Å². The molecule has 0 atom stereocenters. The van der Waals surface area contributed by atoms with Gasteiger partial charge in [-0.25, -0.2) is 0 Å². The minimum Gasteiger partial charge on any atom is -0.398 e. The largest absolute Gasteiger partial charge is 0.398 e. The Balaban J connectivity index is 2.30. The number of nitrogen functional groups attached to an aromatic ring is 1. The van der Waals surface area contributed by atoms with E-state index in [1.165, 1.54) is 0 Å². The molecule has 3 nitrogen and oxygen atoms in total. The molecule has 0 aromatic heterocycles. The third-order valence-electron chi connectivity index (χ3n) is 2.94. The Hall–Kier alpha value is -2.00. The molecule has 4 heteroatoms. The maximum atomic E-state index is 12.3. The molecule has 2 rings (SSSR count). The summed E-state index contributed by atoms with van der Waals surface area (Å²) < 4.78 is 0. The van der Waals surface area contributed by atoms with E-state index < -0.39 is 0 Å². The predicted molar refractivity (Wildman–Crippen MR) is 79.8 cm³/mol. The van der Waals surface area contributed by atoms with Crippen LogP contribution in [-0.4, -0.2) is 13.0 Å². The van der Waals surface area contributed by atoms with Gasteiger partial charge in [0.2, 0.25) is 0 Å². The number of nitrogens with zero attached hydrogens (tertiary/aromatic N) is 1. The van der Waals surface area contributed by atoms with Gasteiger partial charge >= 0.3 is 0 Å². The van der Waals surface area contributed by atoms with Crippen molar-refractivity contribution in [1.29, 1.82) is 0 Å². The molecule has 0 aliphatic carbocycles. The molecule has 0 fully saturated rings. The molecule has 2 N–H and O–H groups in total. The van der Waals surface area contributed by atoms with Gasteiger partial charge in [-0.15, -0.1) is 0 Å². The standard InChI is InChI=1S/C15H15ClN2O/c1-10-4-3-5-12(8-10)18(2)15(19)11-6-7-13(16)14(17)9-11/h3-9H,17H2,1-2H3. The van der Waals surface area contributed by atoms with Crippen LogP contribution in [0.25, 0.3) is 0 Å². The number of benzene rings is 2. The van der Waals surface area contributed by atoms with E-state index in [9.17, 15) is 4.79 Å². The Labute approximate surface area is 117 Å². The number of nitrogens with two attached hydrogens (primary N) is 1. The van der Waals surface area contributed by atoms with Crippen LogP contribution in [0.4, 0.5) is 11.4 Å². The smallest absolute Gasteiger partial charge is 0.258 e. The van der Waals surface area contributed by atoms with Gasteiger partial charge in [0, 0.05) is 18.3 Å². The van der Waals surface area contributed by atoms with Crippen molar-refractivity contribution in [2.24, 2.45) is 0 Å². The van der Waals surface area contributed by atoms with Crippen LogP contribution in [0.3, 0.4) is 0 Å². The van der Waals surface area contributed by atoms with Gasteiger partial charge in [0.1, 0.15) is 0 Å². The lowest BCUT2D eigenvalue weighted by Gasteiger charge is -2.18. The third-order valence-corrected chi connectivity index (χ3v) is 3.28. The van der Waals surface area contributed by atoms with Crippen molar-refractivity contribution in [2.45, 2.75) is 6.92 Å². The molecule has 0 unspecified atom stereocenters. The number of halogens is 1. The zero-order valence-corrected chi connectivity index (χ0v) is 11.6. The predicted octanol–water partition coefficient (Wildman–Crippen LogP) is 3.51. The number of carbonyl (C=O) groups excluding carboxylic acids is 1. The van der Waals surface area contributed by atoms with Crippen LogP contribution in [0.1, 0.15) is 15.9 Å². The first-order valence-corrected chi connectivity index (χ1v) is 6.26. The van der Waals surface area contributed by atoms with Gasteiger partial charge in [-0.3, -0.25) is 4.79 Å². The van der Waals surface area contributed by atoms with Gasteiger partial charge in [-0.05, 0) is 42.8 Å². The first kappa shape index (κ1) is 13.4. The second kappa shape index (κ2) is 5.33. The lowest BCUT2D eigenvalue weighted by atomic mass is 10.1. The Kier molecular flexibility index (Phi) is 3.76. The summed E-state index contributed by atoms with van der Waals surface area (Å²) in [5.74, 6) is -0.117. The van der Waals surface area contributed by atoms with Crippen LogP contribution < -0.4 is 10.6 Å². The van der Waals surface area contributed by atoms with Crippen molar-refractivity contribution >= 4 is 28.9 Å².